The van der Waals surface area contributed by atoms with Crippen molar-refractivity contribution >= 4 is 58.1 Å². The fourth-order valence-corrected chi connectivity index (χ4v) is 4.79. The summed E-state index contributed by atoms with van der Waals surface area (Å²) in [5.41, 5.74) is 0.381. The summed E-state index contributed by atoms with van der Waals surface area (Å²) in [6, 6.07) is 0.410. The molecule has 5 atom stereocenters. The molecule has 0 aliphatic heterocycles. The molecule has 16 nitrogen and oxygen atoms in total. The third kappa shape index (κ3) is 11.5. The van der Waals surface area contributed by atoms with E-state index in [1.54, 1.807) is 40.7 Å². The van der Waals surface area contributed by atoms with Crippen LogP contribution >= 0.6 is 0 Å². The number of nitrogens with one attached hydrogen (secondary N) is 5. The number of amides is 5. The number of carboxylic acids is 2. The van der Waals surface area contributed by atoms with E-state index in [2.05, 4.69) is 26.6 Å². The van der Waals surface area contributed by atoms with Gasteiger partial charge in [-0.3, -0.25) is 33.6 Å². The number of aryl methyl sites for hydroxylation is 1. The van der Waals surface area contributed by atoms with Crippen LogP contribution in [0.1, 0.15) is 65.9 Å². The van der Waals surface area contributed by atoms with Gasteiger partial charge in [-0.15, -0.1) is 0 Å². The van der Waals surface area contributed by atoms with E-state index in [1.165, 1.54) is 25.1 Å². The van der Waals surface area contributed by atoms with Crippen LogP contribution < -0.4 is 32.2 Å². The fraction of sp³-hybridized carbons (Fsp3) is 0.500. The highest BCUT2D eigenvalue weighted by Gasteiger charge is 2.34. The number of hydrogen-bond donors (Lipinski definition) is 7. The summed E-state index contributed by atoms with van der Waals surface area (Å²) in [5.74, 6) is -7.54. The largest absolute Gasteiger partial charge is 0.481 e. The van der Waals surface area contributed by atoms with E-state index in [0.717, 1.165) is 0 Å². The molecule has 0 saturated carbocycles. The molecule has 0 spiro atoms. The second kappa shape index (κ2) is 17.6. The van der Waals surface area contributed by atoms with Crippen molar-refractivity contribution in [2.24, 2.45) is 11.8 Å². The zero-order valence-electron chi connectivity index (χ0n) is 27.7. The monoisotopic (exact) mass is 673 g/mol. The van der Waals surface area contributed by atoms with Crippen LogP contribution in [0.5, 0.6) is 0 Å². The first-order chi connectivity index (χ1) is 22.4. The number of carbonyl (C=O) groups is 7. The van der Waals surface area contributed by atoms with Crippen LogP contribution in [0.4, 0.5) is 5.69 Å². The quantitative estimate of drug-likeness (QED) is 0.117. The first kappa shape index (κ1) is 38.9. The minimum Gasteiger partial charge on any atom is -0.481 e. The highest BCUT2D eigenvalue weighted by atomic mass is 16.4. The molecule has 5 amide bonds. The number of carbonyl (C=O) groups excluding carboxylic acids is 5. The summed E-state index contributed by atoms with van der Waals surface area (Å²) in [5, 5.41) is 31.7. The third-order valence-corrected chi connectivity index (χ3v) is 7.61. The molecule has 0 bridgehead atoms. The van der Waals surface area contributed by atoms with Crippen LogP contribution in [-0.4, -0.2) is 75.9 Å². The maximum atomic E-state index is 13.5. The summed E-state index contributed by atoms with van der Waals surface area (Å²) in [4.78, 5) is 99.6. The summed E-state index contributed by atoms with van der Waals surface area (Å²) in [7, 11) is 0. The maximum absolute atomic E-state index is 13.5. The molecule has 0 radical (unpaired) electrons. The van der Waals surface area contributed by atoms with Crippen molar-refractivity contribution in [2.75, 3.05) is 5.32 Å². The number of anilines is 1. The van der Waals surface area contributed by atoms with Crippen molar-refractivity contribution in [3.05, 3.63) is 40.2 Å². The van der Waals surface area contributed by atoms with Crippen molar-refractivity contribution in [3.8, 4) is 0 Å². The number of aliphatic carboxylic acids is 2. The van der Waals surface area contributed by atoms with Gasteiger partial charge in [-0.1, -0.05) is 34.1 Å². The molecule has 2 rings (SSSR count). The lowest BCUT2D eigenvalue weighted by molar-refractivity contribution is -0.141. The van der Waals surface area contributed by atoms with E-state index in [0.29, 0.717) is 17.4 Å². The smallest absolute Gasteiger partial charge is 0.336 e. The minimum absolute atomic E-state index is 0.161. The average molecular weight is 674 g/mol. The number of rotatable bonds is 17. The molecule has 16 heteroatoms. The van der Waals surface area contributed by atoms with Gasteiger partial charge in [0.1, 0.15) is 29.8 Å². The van der Waals surface area contributed by atoms with Gasteiger partial charge in [-0.25, -0.2) is 4.79 Å². The van der Waals surface area contributed by atoms with Gasteiger partial charge in [0.15, 0.2) is 0 Å². The Bertz CT molecular complexity index is 1600. The van der Waals surface area contributed by atoms with Gasteiger partial charge in [-0.2, -0.15) is 0 Å². The highest BCUT2D eigenvalue weighted by Crippen LogP contribution is 2.21. The van der Waals surface area contributed by atoms with Gasteiger partial charge in [-0.05, 0) is 42.9 Å². The first-order valence-electron chi connectivity index (χ1n) is 15.4. The molecule has 48 heavy (non-hydrogen) atoms. The normalized spacial score (nSPS) is 14.1. The predicted octanol–water partition coefficient (Wildman–Crippen LogP) is 1.04. The number of hydrogen-bond acceptors (Lipinski definition) is 9. The Hall–Kier alpha value is -5.28. The summed E-state index contributed by atoms with van der Waals surface area (Å²) >= 11 is 0. The van der Waals surface area contributed by atoms with E-state index in [4.69, 9.17) is 4.42 Å². The summed E-state index contributed by atoms with van der Waals surface area (Å²) < 4.78 is 5.19. The zero-order chi connectivity index (χ0) is 36.3. The molecule has 0 saturated heterocycles. The highest BCUT2D eigenvalue weighted by molar-refractivity contribution is 6.01. The van der Waals surface area contributed by atoms with Gasteiger partial charge >= 0.3 is 17.6 Å². The molecular formula is C32H43N5O11. The molecular weight excluding hydrogens is 630 g/mol. The molecule has 1 aromatic heterocycles. The molecule has 0 aliphatic rings. The Kier molecular flexibility index (Phi) is 14.3. The van der Waals surface area contributed by atoms with Gasteiger partial charge in [0, 0.05) is 36.6 Å². The minimum atomic E-state index is -1.61. The molecule has 0 aliphatic carbocycles. The average Bonchev–Trinajstić information content (AvgIpc) is 2.98. The van der Waals surface area contributed by atoms with Crippen LogP contribution in [0.2, 0.25) is 0 Å². The standard InChI is InChI=1S/C32H43N5O11/c1-7-16(4)28(37-29(44)21(10-11-24(39)40)35-31(46)27(15(2)3)33-18(6)38)32(47)36-22(14-25(41)42)30(45)34-19-8-9-20-17(5)12-26(43)48-23(20)13-19/h8-9,12-13,15-16,21-22,27-28H,7,10-11,14H2,1-6H3,(H,33,38)(H,34,45)(H,35,46)(H,36,47)(H,37,44)(H,39,40)(H,41,42)/t16-,21-,22-,27-,28-/m0/s1. The van der Waals surface area contributed by atoms with Crippen molar-refractivity contribution < 1.29 is 48.2 Å². The van der Waals surface area contributed by atoms with E-state index >= 15 is 0 Å². The predicted molar refractivity (Wildman–Crippen MR) is 173 cm³/mol. The Labute approximate surface area is 276 Å². The van der Waals surface area contributed by atoms with Crippen molar-refractivity contribution in [3.63, 3.8) is 0 Å². The fourth-order valence-electron chi connectivity index (χ4n) is 4.79. The Balaban J connectivity index is 2.31. The van der Waals surface area contributed by atoms with Gasteiger partial charge in [0.25, 0.3) is 0 Å². The Morgan fingerprint density at radius 1 is 0.792 bits per heavy atom. The SMILES string of the molecule is CC[C@H](C)[C@H](NC(=O)[C@H](CCC(=O)O)NC(=O)[C@@H](NC(C)=O)C(C)C)C(=O)N[C@@H](CC(=O)O)C(=O)Nc1ccc2c(C)cc(=O)oc2c1. The van der Waals surface area contributed by atoms with Crippen LogP contribution in [0.25, 0.3) is 11.0 Å². The van der Waals surface area contributed by atoms with Gasteiger partial charge in [0.2, 0.25) is 29.5 Å². The number of benzene rings is 1. The van der Waals surface area contributed by atoms with Crippen molar-refractivity contribution in [2.45, 2.75) is 91.4 Å². The first-order valence-corrected chi connectivity index (χ1v) is 15.4. The van der Waals surface area contributed by atoms with Crippen LogP contribution in [0, 0.1) is 18.8 Å². The summed E-state index contributed by atoms with van der Waals surface area (Å²) in [6.07, 6.45) is -1.33. The van der Waals surface area contributed by atoms with Crippen molar-refractivity contribution in [1.82, 2.24) is 21.3 Å². The van der Waals surface area contributed by atoms with E-state index < -0.39 is 90.0 Å². The number of fused-ring (bicyclic) bond motifs is 1. The number of carboxylic acid groups (broad SMARTS) is 2. The maximum Gasteiger partial charge on any atom is 0.336 e. The molecule has 262 valence electrons. The van der Waals surface area contributed by atoms with Crippen LogP contribution in [0.3, 0.4) is 0 Å². The van der Waals surface area contributed by atoms with Crippen LogP contribution in [-0.2, 0) is 33.6 Å². The topological polar surface area (TPSA) is 250 Å². The molecule has 7 N–H and O–H groups in total. The van der Waals surface area contributed by atoms with E-state index in [-0.39, 0.29) is 23.6 Å². The Morgan fingerprint density at radius 3 is 1.98 bits per heavy atom. The van der Waals surface area contributed by atoms with Gasteiger partial charge < -0.3 is 41.2 Å². The van der Waals surface area contributed by atoms with Gasteiger partial charge in [0.05, 0.1) is 6.42 Å². The molecule has 1 aromatic carbocycles. The molecule has 0 unspecified atom stereocenters. The van der Waals surface area contributed by atoms with E-state index in [9.17, 15) is 48.6 Å². The lowest BCUT2D eigenvalue weighted by atomic mass is 9.96. The lowest BCUT2D eigenvalue weighted by Crippen LogP contribution is -2.60. The van der Waals surface area contributed by atoms with Crippen molar-refractivity contribution in [1.29, 1.82) is 0 Å². The molecule has 0 fully saturated rings. The molecule has 2 aromatic rings. The second-order valence-corrected chi connectivity index (χ2v) is 11.9. The third-order valence-electron chi connectivity index (χ3n) is 7.61. The Morgan fingerprint density at radius 2 is 1.42 bits per heavy atom. The van der Waals surface area contributed by atoms with Crippen LogP contribution in [0.15, 0.2) is 33.5 Å². The lowest BCUT2D eigenvalue weighted by Gasteiger charge is -2.29. The zero-order valence-corrected chi connectivity index (χ0v) is 27.7. The summed E-state index contributed by atoms with van der Waals surface area (Å²) in [6.45, 7) is 9.60. The van der Waals surface area contributed by atoms with E-state index in [1.807, 2.05) is 0 Å². The molecule has 1 heterocycles. The second-order valence-electron chi connectivity index (χ2n) is 11.9.